The van der Waals surface area contributed by atoms with Crippen molar-refractivity contribution in [3.05, 3.63) is 53.6 Å². The van der Waals surface area contributed by atoms with Gasteiger partial charge in [-0.05, 0) is 38.0 Å². The number of amides is 2. The number of allylic oxidation sites excluding steroid dienone is 3. The van der Waals surface area contributed by atoms with Gasteiger partial charge in [-0.15, -0.1) is 0 Å². The monoisotopic (exact) mass is 286 g/mol. The van der Waals surface area contributed by atoms with E-state index in [-0.39, 0.29) is 18.4 Å². The summed E-state index contributed by atoms with van der Waals surface area (Å²) >= 11 is 0. The van der Waals surface area contributed by atoms with Crippen LogP contribution in [0.25, 0.3) is 0 Å². The van der Waals surface area contributed by atoms with Gasteiger partial charge in [0.2, 0.25) is 11.8 Å². The molecule has 2 amide bonds. The molecule has 21 heavy (non-hydrogen) atoms. The number of hydrogen-bond acceptors (Lipinski definition) is 2. The quantitative estimate of drug-likeness (QED) is 0.668. The van der Waals surface area contributed by atoms with Crippen molar-refractivity contribution in [2.24, 2.45) is 0 Å². The highest BCUT2D eigenvalue weighted by atomic mass is 16.2. The molecule has 112 valence electrons. The third-order valence-corrected chi connectivity index (χ3v) is 3.18. The smallest absolute Gasteiger partial charge is 0.246 e. The molecule has 0 saturated carbocycles. The van der Waals surface area contributed by atoms with Crippen molar-refractivity contribution < 1.29 is 9.59 Å². The van der Waals surface area contributed by atoms with E-state index in [1.165, 1.54) is 11.0 Å². The van der Waals surface area contributed by atoms with Crippen LogP contribution in [-0.4, -0.2) is 30.3 Å². The third kappa shape index (κ3) is 5.26. The lowest BCUT2D eigenvalue weighted by atomic mass is 10.1. The van der Waals surface area contributed by atoms with Crippen LogP contribution in [0.3, 0.4) is 0 Å². The zero-order chi connectivity index (χ0) is 15.8. The van der Waals surface area contributed by atoms with Gasteiger partial charge in [-0.25, -0.2) is 0 Å². The van der Waals surface area contributed by atoms with Gasteiger partial charge in [-0.1, -0.05) is 30.4 Å². The van der Waals surface area contributed by atoms with Crippen LogP contribution in [0.4, 0.5) is 5.69 Å². The zero-order valence-corrected chi connectivity index (χ0v) is 13.0. The number of aryl methyl sites for hydroxylation is 1. The Kier molecular flexibility index (Phi) is 6.40. The van der Waals surface area contributed by atoms with Crippen LogP contribution in [0.1, 0.15) is 18.1 Å². The summed E-state index contributed by atoms with van der Waals surface area (Å²) in [7, 11) is 1.60. The molecule has 0 unspecified atom stereocenters. The van der Waals surface area contributed by atoms with Crippen LogP contribution >= 0.6 is 0 Å². The van der Waals surface area contributed by atoms with E-state index in [9.17, 15) is 9.59 Å². The molecule has 0 aliphatic heterocycles. The van der Waals surface area contributed by atoms with Gasteiger partial charge in [0.05, 0.1) is 6.54 Å². The number of carbonyl (C=O) groups excluding carboxylic acids is 2. The van der Waals surface area contributed by atoms with Crippen LogP contribution in [-0.2, 0) is 9.59 Å². The molecular formula is C17H22N2O2. The molecule has 0 heterocycles. The fraction of sp³-hybridized carbons (Fsp3) is 0.294. The van der Waals surface area contributed by atoms with Gasteiger partial charge in [0, 0.05) is 18.8 Å². The molecule has 4 nitrogen and oxygen atoms in total. The molecule has 0 aromatic heterocycles. The van der Waals surface area contributed by atoms with E-state index in [2.05, 4.69) is 5.32 Å². The van der Waals surface area contributed by atoms with Crippen molar-refractivity contribution in [1.82, 2.24) is 4.90 Å². The topological polar surface area (TPSA) is 49.4 Å². The average molecular weight is 286 g/mol. The van der Waals surface area contributed by atoms with Crippen LogP contribution in [0.15, 0.2) is 42.5 Å². The Labute approximate surface area is 126 Å². The lowest BCUT2D eigenvalue weighted by Gasteiger charge is -2.16. The Hall–Kier alpha value is -2.36. The van der Waals surface area contributed by atoms with E-state index in [0.717, 1.165) is 16.8 Å². The van der Waals surface area contributed by atoms with Crippen LogP contribution in [0.5, 0.6) is 0 Å². The van der Waals surface area contributed by atoms with Crippen molar-refractivity contribution in [1.29, 1.82) is 0 Å². The summed E-state index contributed by atoms with van der Waals surface area (Å²) < 4.78 is 0. The first-order chi connectivity index (χ1) is 9.95. The minimum atomic E-state index is -0.209. The van der Waals surface area contributed by atoms with Gasteiger partial charge < -0.3 is 10.2 Å². The van der Waals surface area contributed by atoms with E-state index >= 15 is 0 Å². The second kappa shape index (κ2) is 8.04. The molecule has 0 fully saturated rings. The summed E-state index contributed by atoms with van der Waals surface area (Å²) in [4.78, 5) is 25.1. The summed E-state index contributed by atoms with van der Waals surface area (Å²) in [5.74, 6) is -0.414. The maximum Gasteiger partial charge on any atom is 0.246 e. The fourth-order valence-electron chi connectivity index (χ4n) is 1.75. The number of benzene rings is 1. The highest BCUT2D eigenvalue weighted by Crippen LogP contribution is 2.17. The molecular weight excluding hydrogens is 264 g/mol. The summed E-state index contributed by atoms with van der Waals surface area (Å²) in [5, 5.41) is 2.83. The van der Waals surface area contributed by atoms with Crippen molar-refractivity contribution in [2.45, 2.75) is 20.8 Å². The minimum absolute atomic E-state index is 0.0202. The summed E-state index contributed by atoms with van der Waals surface area (Å²) in [6, 6.07) is 5.74. The second-order valence-corrected chi connectivity index (χ2v) is 4.87. The van der Waals surface area contributed by atoms with Gasteiger partial charge in [-0.2, -0.15) is 0 Å². The van der Waals surface area contributed by atoms with Crippen molar-refractivity contribution in [2.75, 3.05) is 18.9 Å². The van der Waals surface area contributed by atoms with E-state index < -0.39 is 0 Å². The lowest BCUT2D eigenvalue weighted by Crippen LogP contribution is -2.34. The fourth-order valence-corrected chi connectivity index (χ4v) is 1.75. The molecule has 0 aliphatic rings. The number of likely N-dealkylation sites (N-methyl/N-ethyl adjacent to an activating group) is 1. The zero-order valence-electron chi connectivity index (χ0n) is 13.0. The first-order valence-corrected chi connectivity index (χ1v) is 6.86. The molecule has 0 saturated heterocycles. The van der Waals surface area contributed by atoms with Crippen molar-refractivity contribution >= 4 is 17.5 Å². The summed E-state index contributed by atoms with van der Waals surface area (Å²) in [6.07, 6.45) is 6.69. The van der Waals surface area contributed by atoms with Crippen LogP contribution < -0.4 is 5.32 Å². The van der Waals surface area contributed by atoms with E-state index in [1.54, 1.807) is 19.2 Å². The number of rotatable bonds is 5. The maximum atomic E-state index is 12.0. The molecule has 0 aliphatic carbocycles. The highest BCUT2D eigenvalue weighted by molar-refractivity contribution is 5.97. The SMILES string of the molecule is C/C=C/C=C/C(=O)N(C)CC(=O)Nc1cccc(C)c1C. The first kappa shape index (κ1) is 16.7. The Morgan fingerprint density at radius 3 is 2.62 bits per heavy atom. The van der Waals surface area contributed by atoms with E-state index in [1.807, 2.05) is 45.0 Å². The van der Waals surface area contributed by atoms with Gasteiger partial charge in [0.15, 0.2) is 0 Å². The minimum Gasteiger partial charge on any atom is -0.333 e. The second-order valence-electron chi connectivity index (χ2n) is 4.87. The molecule has 1 N–H and O–H groups in total. The number of hydrogen-bond donors (Lipinski definition) is 1. The van der Waals surface area contributed by atoms with E-state index in [4.69, 9.17) is 0 Å². The predicted octanol–water partition coefficient (Wildman–Crippen LogP) is 2.83. The van der Waals surface area contributed by atoms with Gasteiger partial charge in [0.1, 0.15) is 0 Å². The van der Waals surface area contributed by atoms with Crippen LogP contribution in [0.2, 0.25) is 0 Å². The number of carbonyl (C=O) groups is 2. The molecule has 1 rings (SSSR count). The predicted molar refractivity (Wildman–Crippen MR) is 86.1 cm³/mol. The molecule has 0 spiro atoms. The molecule has 1 aromatic rings. The molecule has 0 radical (unpaired) electrons. The Morgan fingerprint density at radius 2 is 1.95 bits per heavy atom. The highest BCUT2D eigenvalue weighted by Gasteiger charge is 2.11. The normalized spacial score (nSPS) is 11.0. The molecule has 1 aromatic carbocycles. The number of anilines is 1. The molecule has 0 bridgehead atoms. The first-order valence-electron chi connectivity index (χ1n) is 6.86. The largest absolute Gasteiger partial charge is 0.333 e. The average Bonchev–Trinajstić information content (AvgIpc) is 2.44. The Bertz CT molecular complexity index is 574. The maximum absolute atomic E-state index is 12.0. The van der Waals surface area contributed by atoms with E-state index in [0.29, 0.717) is 0 Å². The van der Waals surface area contributed by atoms with Crippen molar-refractivity contribution in [3.8, 4) is 0 Å². The standard InChI is InChI=1S/C17H22N2O2/c1-5-6-7-11-17(21)19(4)12-16(20)18-15-10-8-9-13(2)14(15)3/h5-11H,12H2,1-4H3,(H,18,20)/b6-5+,11-7+. The van der Waals surface area contributed by atoms with Gasteiger partial charge in [0.25, 0.3) is 0 Å². The number of nitrogens with zero attached hydrogens (tertiary/aromatic N) is 1. The Balaban J connectivity index is 2.61. The lowest BCUT2D eigenvalue weighted by molar-refractivity contribution is -0.129. The molecule has 0 atom stereocenters. The van der Waals surface area contributed by atoms with Gasteiger partial charge in [-0.3, -0.25) is 9.59 Å². The van der Waals surface area contributed by atoms with Crippen LogP contribution in [0, 0.1) is 13.8 Å². The summed E-state index contributed by atoms with van der Waals surface area (Å²) in [5.41, 5.74) is 2.93. The third-order valence-electron chi connectivity index (χ3n) is 3.18. The summed E-state index contributed by atoms with van der Waals surface area (Å²) in [6.45, 7) is 5.84. The molecule has 4 heteroatoms. The Morgan fingerprint density at radius 1 is 1.24 bits per heavy atom. The number of nitrogens with one attached hydrogen (secondary N) is 1. The van der Waals surface area contributed by atoms with Crippen molar-refractivity contribution in [3.63, 3.8) is 0 Å². The van der Waals surface area contributed by atoms with Gasteiger partial charge >= 0.3 is 0 Å².